The maximum Gasteiger partial charge on any atom is 0.367 e. The number of Topliss-reactive ketones (excluding diaryl/α,β-unsaturated/α-hetero) is 1. The van der Waals surface area contributed by atoms with Crippen molar-refractivity contribution in [2.45, 2.75) is 17.7 Å². The summed E-state index contributed by atoms with van der Waals surface area (Å²) in [6.07, 6.45) is 2.91. The van der Waals surface area contributed by atoms with Crippen molar-refractivity contribution >= 4 is 39.7 Å². The number of azo groups is 1. The molecule has 0 aliphatic heterocycles. The summed E-state index contributed by atoms with van der Waals surface area (Å²) in [5.74, 6) is -0.912. The smallest absolute Gasteiger partial charge is 0.367 e. The average molecular weight is 326 g/mol. The molecule has 0 aliphatic rings. The van der Waals surface area contributed by atoms with Crippen molar-refractivity contribution in [2.24, 2.45) is 10.2 Å². The van der Waals surface area contributed by atoms with Gasteiger partial charge in [-0.2, -0.15) is 0 Å². The van der Waals surface area contributed by atoms with E-state index in [2.05, 4.69) is 24.8 Å². The van der Waals surface area contributed by atoms with E-state index in [0.29, 0.717) is 4.34 Å². The van der Waals surface area contributed by atoms with Crippen molar-refractivity contribution in [3.8, 4) is 5.75 Å². The number of ketones is 1. The Hall–Kier alpha value is -2.07. The van der Waals surface area contributed by atoms with Crippen LogP contribution in [-0.4, -0.2) is 27.3 Å². The fraction of sp³-hybridized carbons (Fsp3) is 0.273. The van der Waals surface area contributed by atoms with E-state index in [9.17, 15) is 14.7 Å². The van der Waals surface area contributed by atoms with Crippen LogP contribution in [0.25, 0.3) is 0 Å². The number of aromatic nitrogens is 2. The third kappa shape index (κ3) is 3.34. The van der Waals surface area contributed by atoms with Gasteiger partial charge in [0.1, 0.15) is 6.26 Å². The van der Waals surface area contributed by atoms with E-state index in [-0.39, 0.29) is 22.9 Å². The van der Waals surface area contributed by atoms with Crippen molar-refractivity contribution in [1.82, 2.24) is 10.2 Å². The zero-order valence-corrected chi connectivity index (χ0v) is 12.7. The number of carbonyl (C=O) groups excluding carboxylic acids is 1. The normalized spacial score (nSPS) is 11.1. The van der Waals surface area contributed by atoms with Crippen molar-refractivity contribution in [1.29, 1.82) is 0 Å². The van der Waals surface area contributed by atoms with Gasteiger partial charge in [0.2, 0.25) is 5.69 Å². The molecule has 21 heavy (non-hydrogen) atoms. The number of carbonyl (C=O) groups is 1. The number of thioether (sulfide) groups is 1. The first-order valence-corrected chi connectivity index (χ1v) is 7.78. The van der Waals surface area contributed by atoms with Crippen LogP contribution in [0.2, 0.25) is 0 Å². The van der Waals surface area contributed by atoms with Gasteiger partial charge in [-0.3, -0.25) is 4.79 Å². The Labute approximate surface area is 126 Å². The van der Waals surface area contributed by atoms with Gasteiger partial charge in [-0.15, -0.1) is 20.4 Å². The largest absolute Gasteiger partial charge is 0.505 e. The van der Waals surface area contributed by atoms with Gasteiger partial charge in [-0.1, -0.05) is 30.0 Å². The Morgan fingerprint density at radius 2 is 2.24 bits per heavy atom. The Morgan fingerprint density at radius 1 is 1.48 bits per heavy atom. The number of nitrogens with zero attached hydrogens (tertiary/aromatic N) is 4. The monoisotopic (exact) mass is 326 g/mol. The molecule has 0 unspecified atom stereocenters. The van der Waals surface area contributed by atoms with Gasteiger partial charge < -0.3 is 9.52 Å². The predicted octanol–water partition coefficient (Wildman–Crippen LogP) is 2.93. The molecule has 0 amide bonds. The van der Waals surface area contributed by atoms with E-state index in [4.69, 9.17) is 0 Å². The van der Waals surface area contributed by atoms with E-state index in [1.165, 1.54) is 23.1 Å². The zero-order chi connectivity index (χ0) is 15.4. The lowest BCUT2D eigenvalue weighted by Crippen LogP contribution is -2.04. The maximum absolute atomic E-state index is 11.6. The molecule has 110 valence electrons. The van der Waals surface area contributed by atoms with Crippen LogP contribution in [0, 0.1) is 0 Å². The molecule has 0 saturated carbocycles. The zero-order valence-electron chi connectivity index (χ0n) is 11.1. The first-order valence-electron chi connectivity index (χ1n) is 5.74. The Kier molecular flexibility index (Phi) is 4.81. The van der Waals surface area contributed by atoms with Crippen LogP contribution < -0.4 is 5.63 Å². The van der Waals surface area contributed by atoms with Gasteiger partial charge in [0.25, 0.3) is 5.13 Å². The third-order valence-electron chi connectivity index (χ3n) is 2.38. The van der Waals surface area contributed by atoms with Crippen LogP contribution in [0.1, 0.15) is 23.7 Å². The second-order valence-corrected chi connectivity index (χ2v) is 5.67. The molecule has 2 rings (SSSR count). The highest BCUT2D eigenvalue weighted by Gasteiger charge is 2.18. The molecule has 0 aromatic carbocycles. The highest BCUT2D eigenvalue weighted by Crippen LogP contribution is 2.30. The van der Waals surface area contributed by atoms with Gasteiger partial charge in [0.15, 0.2) is 15.9 Å². The van der Waals surface area contributed by atoms with Crippen LogP contribution in [-0.2, 0) is 0 Å². The number of rotatable bonds is 5. The van der Waals surface area contributed by atoms with Gasteiger partial charge in [-0.25, -0.2) is 4.79 Å². The molecule has 0 saturated heterocycles. The van der Waals surface area contributed by atoms with Crippen LogP contribution in [0.4, 0.5) is 10.8 Å². The van der Waals surface area contributed by atoms with Gasteiger partial charge in [0, 0.05) is 6.42 Å². The molecule has 0 atom stereocenters. The fourth-order valence-electron chi connectivity index (χ4n) is 1.34. The van der Waals surface area contributed by atoms with Crippen molar-refractivity contribution in [2.75, 3.05) is 6.26 Å². The van der Waals surface area contributed by atoms with E-state index in [1.54, 1.807) is 6.92 Å². The third-order valence-corrected chi connectivity index (χ3v) is 4.17. The lowest BCUT2D eigenvalue weighted by molar-refractivity contribution is 0.0983. The molecule has 0 bridgehead atoms. The average Bonchev–Trinajstić information content (AvgIpc) is 2.94. The van der Waals surface area contributed by atoms with E-state index >= 15 is 0 Å². The summed E-state index contributed by atoms with van der Waals surface area (Å²) >= 11 is 2.57. The summed E-state index contributed by atoms with van der Waals surface area (Å²) in [5, 5.41) is 25.0. The molecule has 2 aromatic heterocycles. The second kappa shape index (κ2) is 6.59. The molecule has 8 nitrogen and oxygen atoms in total. The highest BCUT2D eigenvalue weighted by molar-refractivity contribution is 8.00. The molecule has 2 heterocycles. The molecule has 1 N–H and O–H groups in total. The quantitative estimate of drug-likeness (QED) is 0.509. The van der Waals surface area contributed by atoms with Crippen LogP contribution >= 0.6 is 23.1 Å². The van der Waals surface area contributed by atoms with Crippen molar-refractivity contribution in [3.05, 3.63) is 22.2 Å². The van der Waals surface area contributed by atoms with Gasteiger partial charge in [-0.05, 0) is 6.26 Å². The van der Waals surface area contributed by atoms with Gasteiger partial charge in [0.05, 0.1) is 5.56 Å². The van der Waals surface area contributed by atoms with Crippen LogP contribution in [0.15, 0.2) is 30.0 Å². The summed E-state index contributed by atoms with van der Waals surface area (Å²) in [6.45, 7) is 1.62. The molecule has 2 aromatic rings. The Morgan fingerprint density at radius 3 is 2.86 bits per heavy atom. The summed E-state index contributed by atoms with van der Waals surface area (Å²) in [6, 6.07) is 0. The first kappa shape index (κ1) is 15.3. The molecule has 0 fully saturated rings. The maximum atomic E-state index is 11.6. The summed E-state index contributed by atoms with van der Waals surface area (Å²) < 4.78 is 5.37. The topological polar surface area (TPSA) is 118 Å². The summed E-state index contributed by atoms with van der Waals surface area (Å²) in [5.41, 5.74) is -1.43. The number of hydrogen-bond acceptors (Lipinski definition) is 10. The van der Waals surface area contributed by atoms with Crippen molar-refractivity contribution < 1.29 is 14.3 Å². The number of hydrogen-bond donors (Lipinski definition) is 1. The van der Waals surface area contributed by atoms with Crippen LogP contribution in [0.3, 0.4) is 0 Å². The summed E-state index contributed by atoms with van der Waals surface area (Å²) in [4.78, 5) is 23.2. The fourth-order valence-corrected chi connectivity index (χ4v) is 2.42. The molecule has 0 spiro atoms. The molecule has 0 aliphatic carbocycles. The van der Waals surface area contributed by atoms with E-state index < -0.39 is 17.1 Å². The van der Waals surface area contributed by atoms with E-state index in [0.717, 1.165) is 6.26 Å². The molecule has 10 heteroatoms. The Bertz CT molecular complexity index is 753. The van der Waals surface area contributed by atoms with Crippen molar-refractivity contribution in [3.63, 3.8) is 0 Å². The minimum atomic E-state index is -0.890. The van der Waals surface area contributed by atoms with E-state index in [1.807, 2.05) is 6.26 Å². The Balaban J connectivity index is 2.39. The minimum Gasteiger partial charge on any atom is -0.505 e. The van der Waals surface area contributed by atoms with Gasteiger partial charge >= 0.3 is 5.63 Å². The first-order chi connectivity index (χ1) is 10.1. The molecule has 0 radical (unpaired) electrons. The minimum absolute atomic E-state index is 0.104. The lowest BCUT2D eigenvalue weighted by atomic mass is 10.1. The highest BCUT2D eigenvalue weighted by atomic mass is 32.2. The van der Waals surface area contributed by atoms with Crippen LogP contribution in [0.5, 0.6) is 5.75 Å². The number of aromatic hydroxyl groups is 1. The lowest BCUT2D eigenvalue weighted by Gasteiger charge is -2.01. The SMILES string of the molecule is CCC(=O)c1coc(=O)c(N=Nc2nnc(SC)s2)c1O. The molecular weight excluding hydrogens is 316 g/mol. The predicted molar refractivity (Wildman–Crippen MR) is 77.1 cm³/mol. The second-order valence-electron chi connectivity index (χ2n) is 3.67. The summed E-state index contributed by atoms with van der Waals surface area (Å²) in [7, 11) is 0. The molecular formula is C11H10N4O4S2. The standard InChI is InChI=1S/C11H10N4O4S2/c1-3-6(16)5-4-19-9(18)7(8(5)17)12-13-10-14-15-11(20-2)21-10/h4,17H,3H2,1-2H3.